The van der Waals surface area contributed by atoms with Gasteiger partial charge >= 0.3 is 5.97 Å². The maximum atomic E-state index is 10.8. The van der Waals surface area contributed by atoms with Gasteiger partial charge in [-0.05, 0) is 51.1 Å². The summed E-state index contributed by atoms with van der Waals surface area (Å²) in [6.45, 7) is 6.37. The van der Waals surface area contributed by atoms with Crippen molar-refractivity contribution < 1.29 is 19.4 Å². The van der Waals surface area contributed by atoms with E-state index in [1.165, 1.54) is 30.6 Å². The minimum absolute atomic E-state index is 0.0630. The minimum Gasteiger partial charge on any atom is -0.490 e. The number of ether oxygens (including phenoxy) is 2. The maximum absolute atomic E-state index is 10.8. The highest BCUT2D eigenvalue weighted by Gasteiger charge is 2.13. The van der Waals surface area contributed by atoms with Gasteiger partial charge in [-0.1, -0.05) is 6.42 Å². The first kappa shape index (κ1) is 19.6. The Bertz CT molecular complexity index is 756. The number of rotatable bonds is 9. The van der Waals surface area contributed by atoms with Crippen molar-refractivity contribution in [2.24, 2.45) is 0 Å². The van der Waals surface area contributed by atoms with Crippen LogP contribution in [-0.4, -0.2) is 53.8 Å². The predicted molar refractivity (Wildman–Crippen MR) is 106 cm³/mol. The average molecular weight is 391 g/mol. The Morgan fingerprint density at radius 2 is 2.04 bits per heavy atom. The number of likely N-dealkylation sites (tertiary alicyclic amines) is 1. The number of hydrogen-bond donors (Lipinski definition) is 1. The Balaban J connectivity index is 1.66. The molecule has 0 saturated carbocycles. The number of aliphatic carboxylic acids is 1. The maximum Gasteiger partial charge on any atom is 0.309 e. The standard InChI is InChI=1S/C20H26N2O4S/c1-2-25-18-12-15(20-21-16(14-27-20)13-19(23)24)6-7-17(18)26-11-10-22-8-4-3-5-9-22/h6-7,12,14H,2-5,8-11,13H2,1H3,(H,23,24). The molecule has 1 aromatic carbocycles. The van der Waals surface area contributed by atoms with Crippen molar-refractivity contribution >= 4 is 17.3 Å². The van der Waals surface area contributed by atoms with Gasteiger partial charge in [0.1, 0.15) is 11.6 Å². The first-order valence-corrected chi connectivity index (χ1v) is 10.3. The number of thiazole rings is 1. The lowest BCUT2D eigenvalue weighted by molar-refractivity contribution is -0.136. The molecule has 0 unspecified atom stereocenters. The number of aromatic nitrogens is 1. The molecule has 0 atom stereocenters. The summed E-state index contributed by atoms with van der Waals surface area (Å²) in [4.78, 5) is 17.7. The van der Waals surface area contributed by atoms with Crippen LogP contribution in [0.4, 0.5) is 0 Å². The second kappa shape index (κ2) is 9.71. The van der Waals surface area contributed by atoms with E-state index in [1.54, 1.807) is 5.38 Å². The molecule has 1 saturated heterocycles. The van der Waals surface area contributed by atoms with Gasteiger partial charge in [0.25, 0.3) is 0 Å². The molecule has 1 aliphatic rings. The second-order valence-corrected chi connectivity index (χ2v) is 7.42. The van der Waals surface area contributed by atoms with Crippen molar-refractivity contribution in [3.05, 3.63) is 29.3 Å². The molecule has 0 amide bonds. The van der Waals surface area contributed by atoms with Crippen LogP contribution in [0.5, 0.6) is 11.5 Å². The quantitative estimate of drug-likeness (QED) is 0.704. The molecule has 6 nitrogen and oxygen atoms in total. The van der Waals surface area contributed by atoms with Crippen molar-refractivity contribution in [2.45, 2.75) is 32.6 Å². The molecule has 27 heavy (non-hydrogen) atoms. The van der Waals surface area contributed by atoms with Crippen LogP contribution >= 0.6 is 11.3 Å². The van der Waals surface area contributed by atoms with Crippen LogP contribution in [-0.2, 0) is 11.2 Å². The molecule has 3 rings (SSSR count). The average Bonchev–Trinajstić information content (AvgIpc) is 3.12. The molecule has 1 aromatic heterocycles. The van der Waals surface area contributed by atoms with Gasteiger partial charge in [-0.2, -0.15) is 0 Å². The molecule has 1 aliphatic heterocycles. The molecule has 2 aromatic rings. The summed E-state index contributed by atoms with van der Waals surface area (Å²) in [5.74, 6) is 0.558. The van der Waals surface area contributed by atoms with Crippen LogP contribution < -0.4 is 9.47 Å². The monoisotopic (exact) mass is 390 g/mol. The number of carboxylic acids is 1. The molecule has 1 N–H and O–H groups in total. The zero-order chi connectivity index (χ0) is 19.1. The topological polar surface area (TPSA) is 71.9 Å². The number of carboxylic acid groups (broad SMARTS) is 1. The van der Waals surface area contributed by atoms with Crippen LogP contribution in [0.1, 0.15) is 31.9 Å². The molecule has 0 radical (unpaired) electrons. The van der Waals surface area contributed by atoms with Crippen LogP contribution in [0.3, 0.4) is 0 Å². The Hall–Kier alpha value is -2.12. The lowest BCUT2D eigenvalue weighted by Crippen LogP contribution is -2.33. The SMILES string of the molecule is CCOc1cc(-c2nc(CC(=O)O)cs2)ccc1OCCN1CCCCC1. The molecule has 0 aliphatic carbocycles. The summed E-state index contributed by atoms with van der Waals surface area (Å²) in [5.41, 5.74) is 1.48. The van der Waals surface area contributed by atoms with Crippen molar-refractivity contribution in [1.82, 2.24) is 9.88 Å². The molecule has 7 heteroatoms. The Kier molecular flexibility index (Phi) is 7.06. The van der Waals surface area contributed by atoms with E-state index in [0.717, 1.165) is 36.0 Å². The van der Waals surface area contributed by atoms with E-state index in [0.29, 0.717) is 24.7 Å². The van der Waals surface area contributed by atoms with Crippen molar-refractivity contribution in [3.63, 3.8) is 0 Å². The fourth-order valence-electron chi connectivity index (χ4n) is 3.17. The van der Waals surface area contributed by atoms with Gasteiger partial charge in [0.15, 0.2) is 11.5 Å². The van der Waals surface area contributed by atoms with E-state index in [4.69, 9.17) is 14.6 Å². The zero-order valence-corrected chi connectivity index (χ0v) is 16.5. The number of nitrogens with zero attached hydrogens (tertiary/aromatic N) is 2. The van der Waals surface area contributed by atoms with E-state index in [9.17, 15) is 4.79 Å². The van der Waals surface area contributed by atoms with Gasteiger partial charge in [0.2, 0.25) is 0 Å². The second-order valence-electron chi connectivity index (χ2n) is 6.56. The predicted octanol–water partition coefficient (Wildman–Crippen LogP) is 3.70. The number of carbonyl (C=O) groups is 1. The lowest BCUT2D eigenvalue weighted by Gasteiger charge is -2.26. The summed E-state index contributed by atoms with van der Waals surface area (Å²) in [6, 6.07) is 5.78. The van der Waals surface area contributed by atoms with Crippen molar-refractivity contribution in [1.29, 1.82) is 0 Å². The highest BCUT2D eigenvalue weighted by Crippen LogP contribution is 2.34. The molecule has 0 spiro atoms. The Labute approximate surface area is 163 Å². The smallest absolute Gasteiger partial charge is 0.309 e. The third-order valence-corrected chi connectivity index (χ3v) is 5.43. The summed E-state index contributed by atoms with van der Waals surface area (Å²) < 4.78 is 11.7. The molecular weight excluding hydrogens is 364 g/mol. The van der Waals surface area contributed by atoms with Gasteiger partial charge in [-0.15, -0.1) is 11.3 Å². The van der Waals surface area contributed by atoms with Gasteiger partial charge in [0.05, 0.1) is 18.7 Å². The van der Waals surface area contributed by atoms with Gasteiger partial charge < -0.3 is 14.6 Å². The number of hydrogen-bond acceptors (Lipinski definition) is 6. The summed E-state index contributed by atoms with van der Waals surface area (Å²) >= 11 is 1.44. The summed E-state index contributed by atoms with van der Waals surface area (Å²) in [5, 5.41) is 11.5. The summed E-state index contributed by atoms with van der Waals surface area (Å²) in [7, 11) is 0. The van der Waals surface area contributed by atoms with E-state index in [2.05, 4.69) is 9.88 Å². The molecule has 0 bridgehead atoms. The molecule has 1 fully saturated rings. The first-order chi connectivity index (χ1) is 13.2. The van der Waals surface area contributed by atoms with Crippen LogP contribution in [0.2, 0.25) is 0 Å². The molecular formula is C20H26N2O4S. The lowest BCUT2D eigenvalue weighted by atomic mass is 10.1. The van der Waals surface area contributed by atoms with Gasteiger partial charge in [0, 0.05) is 17.5 Å². The van der Waals surface area contributed by atoms with Crippen molar-refractivity contribution in [2.75, 3.05) is 32.8 Å². The normalized spacial score (nSPS) is 14.9. The third-order valence-electron chi connectivity index (χ3n) is 4.49. The molecule has 2 heterocycles. The first-order valence-electron chi connectivity index (χ1n) is 9.44. The molecule has 146 valence electrons. The van der Waals surface area contributed by atoms with Crippen molar-refractivity contribution in [3.8, 4) is 22.1 Å². The Morgan fingerprint density at radius 3 is 2.78 bits per heavy atom. The van der Waals surface area contributed by atoms with Crippen LogP contribution in [0, 0.1) is 0 Å². The van der Waals surface area contributed by atoms with E-state index < -0.39 is 5.97 Å². The van der Waals surface area contributed by atoms with E-state index in [-0.39, 0.29) is 6.42 Å². The third kappa shape index (κ3) is 5.68. The summed E-state index contributed by atoms with van der Waals surface area (Å²) in [6.07, 6.45) is 3.82. The number of piperidine rings is 1. The number of benzene rings is 1. The van der Waals surface area contributed by atoms with Gasteiger partial charge in [-0.25, -0.2) is 4.98 Å². The zero-order valence-electron chi connectivity index (χ0n) is 15.6. The fraction of sp³-hybridized carbons (Fsp3) is 0.500. The van der Waals surface area contributed by atoms with E-state index in [1.807, 2.05) is 25.1 Å². The van der Waals surface area contributed by atoms with Crippen LogP contribution in [0.25, 0.3) is 10.6 Å². The minimum atomic E-state index is -0.876. The highest BCUT2D eigenvalue weighted by atomic mass is 32.1. The Morgan fingerprint density at radius 1 is 1.22 bits per heavy atom. The highest BCUT2D eigenvalue weighted by molar-refractivity contribution is 7.13. The van der Waals surface area contributed by atoms with Gasteiger partial charge in [-0.3, -0.25) is 9.69 Å². The van der Waals surface area contributed by atoms with E-state index >= 15 is 0 Å². The fourth-order valence-corrected chi connectivity index (χ4v) is 3.99. The largest absolute Gasteiger partial charge is 0.490 e. The van der Waals surface area contributed by atoms with Crippen LogP contribution in [0.15, 0.2) is 23.6 Å².